The molecule has 1 amide bonds. The van der Waals surface area contributed by atoms with Crippen molar-refractivity contribution in [1.29, 1.82) is 0 Å². The molecule has 1 saturated heterocycles. The Morgan fingerprint density at radius 2 is 1.87 bits per heavy atom. The molecule has 8 heteroatoms. The van der Waals surface area contributed by atoms with E-state index in [-0.39, 0.29) is 6.10 Å². The molecule has 0 spiro atoms. The van der Waals surface area contributed by atoms with E-state index in [0.29, 0.717) is 5.19 Å². The van der Waals surface area contributed by atoms with Crippen molar-refractivity contribution >= 4 is 33.4 Å². The van der Waals surface area contributed by atoms with Gasteiger partial charge in [-0.2, -0.15) is 0 Å². The van der Waals surface area contributed by atoms with Gasteiger partial charge in [0.1, 0.15) is 11.9 Å². The molecule has 156 valence electrons. The predicted octanol–water partition coefficient (Wildman–Crippen LogP) is 3.34. The minimum atomic E-state index is -0.806. The number of rotatable bonds is 5. The second-order valence-corrected chi connectivity index (χ2v) is 8.15. The summed E-state index contributed by atoms with van der Waals surface area (Å²) in [6, 6.07) is 16.0. The summed E-state index contributed by atoms with van der Waals surface area (Å²) in [7, 11) is 1.42. The van der Waals surface area contributed by atoms with Gasteiger partial charge in [-0.05, 0) is 42.7 Å². The molecule has 3 aromatic rings. The summed E-state index contributed by atoms with van der Waals surface area (Å²) >= 11 is 1.53. The van der Waals surface area contributed by atoms with Gasteiger partial charge in [-0.15, -0.1) is 0 Å². The van der Waals surface area contributed by atoms with Crippen LogP contribution in [0.25, 0.3) is 10.2 Å². The van der Waals surface area contributed by atoms with Crippen LogP contribution < -0.4 is 10.1 Å². The van der Waals surface area contributed by atoms with Gasteiger partial charge >= 0.3 is 11.9 Å². The van der Waals surface area contributed by atoms with E-state index in [1.54, 1.807) is 0 Å². The van der Waals surface area contributed by atoms with E-state index in [1.807, 2.05) is 36.4 Å². The van der Waals surface area contributed by atoms with Crippen molar-refractivity contribution in [1.82, 2.24) is 15.2 Å². The first-order chi connectivity index (χ1) is 14.6. The summed E-state index contributed by atoms with van der Waals surface area (Å²) in [6.45, 7) is 2.45. The van der Waals surface area contributed by atoms with E-state index < -0.39 is 11.9 Å². The number of para-hydroxylation sites is 1. The molecule has 7 nitrogen and oxygen atoms in total. The third-order valence-corrected chi connectivity index (χ3v) is 5.94. The highest BCUT2D eigenvalue weighted by molar-refractivity contribution is 7.20. The molecular formula is C22H23N3O4S. The highest BCUT2D eigenvalue weighted by Crippen LogP contribution is 2.31. The van der Waals surface area contributed by atoms with E-state index in [9.17, 15) is 9.59 Å². The van der Waals surface area contributed by atoms with Crippen LogP contribution in [0.15, 0.2) is 48.5 Å². The van der Waals surface area contributed by atoms with Crippen molar-refractivity contribution in [3.63, 3.8) is 0 Å². The first-order valence-electron chi connectivity index (χ1n) is 9.88. The maximum Gasteiger partial charge on any atom is 0.397 e. The number of piperidine rings is 1. The van der Waals surface area contributed by atoms with Gasteiger partial charge in [-0.1, -0.05) is 35.6 Å². The van der Waals surface area contributed by atoms with Crippen LogP contribution in [-0.4, -0.2) is 48.0 Å². The van der Waals surface area contributed by atoms with Crippen molar-refractivity contribution in [3.8, 4) is 10.9 Å². The SMILES string of the molecule is CNC(=O)C(=O)OC1CCN(Cc2ccc(Oc3nc4ccccc4s3)cc2)CC1. The normalized spacial score (nSPS) is 15.1. The molecule has 2 aromatic carbocycles. The molecule has 2 heterocycles. The zero-order valence-corrected chi connectivity index (χ0v) is 17.5. The van der Waals surface area contributed by atoms with E-state index in [0.717, 1.165) is 48.4 Å². The van der Waals surface area contributed by atoms with Crippen LogP contribution in [0.2, 0.25) is 0 Å². The first kappa shape index (κ1) is 20.3. The zero-order chi connectivity index (χ0) is 20.9. The van der Waals surface area contributed by atoms with Gasteiger partial charge in [0.05, 0.1) is 10.2 Å². The Balaban J connectivity index is 1.27. The standard InChI is InChI=1S/C22H23N3O4S/c1-23-20(26)21(27)28-17-10-12-25(13-11-17)14-15-6-8-16(9-7-15)29-22-24-18-4-2-3-5-19(18)30-22/h2-9,17H,10-14H2,1H3,(H,23,26). The fourth-order valence-corrected chi connectivity index (χ4v) is 4.24. The molecule has 0 radical (unpaired) electrons. The Morgan fingerprint density at radius 3 is 2.57 bits per heavy atom. The summed E-state index contributed by atoms with van der Waals surface area (Å²) in [5.74, 6) is -0.747. The van der Waals surface area contributed by atoms with Gasteiger partial charge in [-0.3, -0.25) is 9.69 Å². The maximum absolute atomic E-state index is 11.6. The number of thiazole rings is 1. The largest absolute Gasteiger partial charge is 0.455 e. The van der Waals surface area contributed by atoms with Gasteiger partial charge in [-0.25, -0.2) is 9.78 Å². The number of likely N-dealkylation sites (tertiary alicyclic amines) is 1. The second-order valence-electron chi connectivity index (χ2n) is 7.15. The van der Waals surface area contributed by atoms with E-state index in [1.165, 1.54) is 23.9 Å². The monoisotopic (exact) mass is 425 g/mol. The molecule has 1 N–H and O–H groups in total. The fraction of sp³-hybridized carbons (Fsp3) is 0.318. The molecule has 1 fully saturated rings. The van der Waals surface area contributed by atoms with Gasteiger partial charge in [0.15, 0.2) is 0 Å². The Kier molecular flexibility index (Phi) is 6.25. The molecule has 0 aliphatic carbocycles. The van der Waals surface area contributed by atoms with Gasteiger partial charge in [0.25, 0.3) is 5.19 Å². The summed E-state index contributed by atoms with van der Waals surface area (Å²) < 4.78 is 12.2. The lowest BCUT2D eigenvalue weighted by Crippen LogP contribution is -2.39. The Hall–Kier alpha value is -2.97. The van der Waals surface area contributed by atoms with E-state index >= 15 is 0 Å². The second kappa shape index (κ2) is 9.23. The number of hydrogen-bond acceptors (Lipinski definition) is 7. The first-order valence-corrected chi connectivity index (χ1v) is 10.7. The minimum Gasteiger partial charge on any atom is -0.455 e. The molecule has 0 atom stereocenters. The molecular weight excluding hydrogens is 402 g/mol. The summed E-state index contributed by atoms with van der Waals surface area (Å²) in [6.07, 6.45) is 1.25. The van der Waals surface area contributed by atoms with E-state index in [2.05, 4.69) is 27.3 Å². The van der Waals surface area contributed by atoms with Crippen LogP contribution in [0.4, 0.5) is 0 Å². The molecule has 0 unspecified atom stereocenters. The number of nitrogens with zero attached hydrogens (tertiary/aromatic N) is 2. The van der Waals surface area contributed by atoms with E-state index in [4.69, 9.17) is 9.47 Å². The molecule has 4 rings (SSSR count). The van der Waals surface area contributed by atoms with Crippen LogP contribution in [0.5, 0.6) is 10.9 Å². The molecule has 30 heavy (non-hydrogen) atoms. The van der Waals surface area contributed by atoms with Gasteiger partial charge in [0.2, 0.25) is 0 Å². The number of ether oxygens (including phenoxy) is 2. The van der Waals surface area contributed by atoms with Crippen molar-refractivity contribution in [2.75, 3.05) is 20.1 Å². The molecule has 0 saturated carbocycles. The highest BCUT2D eigenvalue weighted by Gasteiger charge is 2.24. The summed E-state index contributed by atoms with van der Waals surface area (Å²) in [5, 5.41) is 2.92. The van der Waals surface area contributed by atoms with Gasteiger partial charge in [0, 0.05) is 26.7 Å². The number of aromatic nitrogens is 1. The Labute approximate surface area is 178 Å². The number of carbonyl (C=O) groups is 2. The van der Waals surface area contributed by atoms with Crippen molar-refractivity contribution in [2.45, 2.75) is 25.5 Å². The predicted molar refractivity (Wildman–Crippen MR) is 115 cm³/mol. The lowest BCUT2D eigenvalue weighted by Gasteiger charge is -2.31. The number of amides is 1. The molecule has 1 aliphatic rings. The molecule has 0 bridgehead atoms. The van der Waals surface area contributed by atoms with Crippen LogP contribution in [0.1, 0.15) is 18.4 Å². The number of likely N-dealkylation sites (N-methyl/N-ethyl adjacent to an activating group) is 1. The Morgan fingerprint density at radius 1 is 1.13 bits per heavy atom. The fourth-order valence-electron chi connectivity index (χ4n) is 3.41. The summed E-state index contributed by atoms with van der Waals surface area (Å²) in [4.78, 5) is 29.6. The lowest BCUT2D eigenvalue weighted by atomic mass is 10.1. The average Bonchev–Trinajstić information content (AvgIpc) is 3.18. The molecule has 1 aliphatic heterocycles. The van der Waals surface area contributed by atoms with Crippen LogP contribution in [0.3, 0.4) is 0 Å². The number of fused-ring (bicyclic) bond motifs is 1. The average molecular weight is 426 g/mol. The van der Waals surface area contributed by atoms with Gasteiger partial charge < -0.3 is 14.8 Å². The van der Waals surface area contributed by atoms with Crippen LogP contribution in [0, 0.1) is 0 Å². The minimum absolute atomic E-state index is 0.198. The number of nitrogens with one attached hydrogen (secondary N) is 1. The topological polar surface area (TPSA) is 80.8 Å². The van der Waals surface area contributed by atoms with Crippen molar-refractivity contribution in [2.24, 2.45) is 0 Å². The number of esters is 1. The third kappa shape index (κ3) is 4.95. The Bertz CT molecular complexity index is 993. The summed E-state index contributed by atoms with van der Waals surface area (Å²) in [5.41, 5.74) is 2.13. The quantitative estimate of drug-likeness (QED) is 0.499. The number of carbonyl (C=O) groups excluding carboxylic acids is 2. The highest BCUT2D eigenvalue weighted by atomic mass is 32.1. The van der Waals surface area contributed by atoms with Crippen LogP contribution in [-0.2, 0) is 20.9 Å². The van der Waals surface area contributed by atoms with Crippen molar-refractivity contribution in [3.05, 3.63) is 54.1 Å². The smallest absolute Gasteiger partial charge is 0.397 e. The molecule has 1 aromatic heterocycles. The maximum atomic E-state index is 11.6. The third-order valence-electron chi connectivity index (χ3n) is 5.03. The van der Waals surface area contributed by atoms with Crippen molar-refractivity contribution < 1.29 is 19.1 Å². The number of benzene rings is 2. The van der Waals surface area contributed by atoms with Crippen LogP contribution >= 0.6 is 11.3 Å². The zero-order valence-electron chi connectivity index (χ0n) is 16.7. The lowest BCUT2D eigenvalue weighted by molar-refractivity contribution is -0.160. The number of hydrogen-bond donors (Lipinski definition) is 1.